The number of anilines is 1. The molecule has 24 heavy (non-hydrogen) atoms. The van der Waals surface area contributed by atoms with E-state index in [2.05, 4.69) is 15.5 Å². The topological polar surface area (TPSA) is 76.7 Å². The molecule has 1 atom stereocenters. The number of oxazole rings is 1. The number of rotatable bonds is 5. The molecule has 122 valence electrons. The van der Waals surface area contributed by atoms with Crippen molar-refractivity contribution < 1.29 is 13.9 Å². The summed E-state index contributed by atoms with van der Waals surface area (Å²) in [6, 6.07) is 7.65. The van der Waals surface area contributed by atoms with Crippen molar-refractivity contribution in [2.24, 2.45) is 11.0 Å². The fourth-order valence-corrected chi connectivity index (χ4v) is 2.33. The molecule has 0 saturated carbocycles. The number of carbonyl (C=O) groups excluding carboxylic acids is 1. The molecule has 3 rings (SSSR count). The van der Waals surface area contributed by atoms with Crippen LogP contribution in [-0.2, 0) is 9.53 Å². The van der Waals surface area contributed by atoms with Gasteiger partial charge in [0.15, 0.2) is 12.2 Å². The first-order valence-electron chi connectivity index (χ1n) is 7.50. The summed E-state index contributed by atoms with van der Waals surface area (Å²) >= 11 is 0. The number of esters is 1. The highest BCUT2D eigenvalue weighted by Gasteiger charge is 2.17. The zero-order valence-electron chi connectivity index (χ0n) is 13.2. The van der Waals surface area contributed by atoms with E-state index in [1.165, 1.54) is 13.5 Å². The number of hydrogen-bond donors (Lipinski definition) is 1. The van der Waals surface area contributed by atoms with Crippen LogP contribution in [0.5, 0.6) is 0 Å². The SMILES string of the molecule is COC(=O)CC1C=CC=C/C1=N\Nc1ccc(-c2cnco2)cc1. The summed E-state index contributed by atoms with van der Waals surface area (Å²) in [7, 11) is 1.38. The lowest BCUT2D eigenvalue weighted by Crippen LogP contribution is -2.18. The zero-order valence-corrected chi connectivity index (χ0v) is 13.2. The van der Waals surface area contributed by atoms with Crippen LogP contribution in [0.25, 0.3) is 11.3 Å². The van der Waals surface area contributed by atoms with E-state index in [1.54, 1.807) is 6.20 Å². The van der Waals surface area contributed by atoms with Crippen molar-refractivity contribution in [3.8, 4) is 11.3 Å². The van der Waals surface area contributed by atoms with Gasteiger partial charge < -0.3 is 9.15 Å². The molecule has 1 aliphatic carbocycles. The highest BCUT2D eigenvalue weighted by Crippen LogP contribution is 2.21. The Kier molecular flexibility index (Phi) is 4.86. The van der Waals surface area contributed by atoms with Gasteiger partial charge in [-0.1, -0.05) is 18.2 Å². The van der Waals surface area contributed by atoms with Crippen LogP contribution >= 0.6 is 0 Å². The second-order valence-electron chi connectivity index (χ2n) is 5.22. The van der Waals surface area contributed by atoms with E-state index >= 15 is 0 Å². The van der Waals surface area contributed by atoms with Gasteiger partial charge in [0, 0.05) is 11.5 Å². The lowest BCUT2D eigenvalue weighted by molar-refractivity contribution is -0.140. The average Bonchev–Trinajstić information content (AvgIpc) is 3.16. The fourth-order valence-electron chi connectivity index (χ4n) is 2.33. The maximum atomic E-state index is 11.5. The Labute approximate surface area is 139 Å². The van der Waals surface area contributed by atoms with Crippen molar-refractivity contribution >= 4 is 17.4 Å². The van der Waals surface area contributed by atoms with Crippen molar-refractivity contribution in [2.45, 2.75) is 6.42 Å². The normalized spacial score (nSPS) is 17.9. The summed E-state index contributed by atoms with van der Waals surface area (Å²) in [5.41, 5.74) is 5.57. The molecule has 0 amide bonds. The molecular weight excluding hydrogens is 306 g/mol. The molecular formula is C18H17N3O3. The van der Waals surface area contributed by atoms with Crippen LogP contribution in [0.15, 0.2) is 70.7 Å². The Morgan fingerprint density at radius 1 is 1.33 bits per heavy atom. The summed E-state index contributed by atoms with van der Waals surface area (Å²) in [6.07, 6.45) is 10.9. The molecule has 1 heterocycles. The minimum Gasteiger partial charge on any atom is -0.469 e. The largest absolute Gasteiger partial charge is 0.469 e. The Balaban J connectivity index is 1.68. The van der Waals surface area contributed by atoms with Crippen LogP contribution < -0.4 is 5.43 Å². The minimum atomic E-state index is -0.260. The number of allylic oxidation sites excluding steroid dienone is 4. The molecule has 0 spiro atoms. The summed E-state index contributed by atoms with van der Waals surface area (Å²) < 4.78 is 9.98. The highest BCUT2D eigenvalue weighted by molar-refractivity contribution is 6.01. The van der Waals surface area contributed by atoms with E-state index in [0.717, 1.165) is 17.0 Å². The van der Waals surface area contributed by atoms with Crippen LogP contribution in [-0.4, -0.2) is 23.8 Å². The molecule has 2 aromatic rings. The minimum absolute atomic E-state index is 0.0941. The van der Waals surface area contributed by atoms with Gasteiger partial charge in [-0.2, -0.15) is 5.10 Å². The molecule has 1 N–H and O–H groups in total. The van der Waals surface area contributed by atoms with Gasteiger partial charge in [0.2, 0.25) is 0 Å². The van der Waals surface area contributed by atoms with Gasteiger partial charge in [0.05, 0.1) is 31.1 Å². The Hall–Kier alpha value is -3.15. The second-order valence-corrected chi connectivity index (χ2v) is 5.22. The Bertz CT molecular complexity index is 774. The molecule has 0 radical (unpaired) electrons. The maximum Gasteiger partial charge on any atom is 0.306 e. The van der Waals surface area contributed by atoms with Crippen LogP contribution in [0, 0.1) is 5.92 Å². The lowest BCUT2D eigenvalue weighted by Gasteiger charge is -2.14. The molecule has 6 nitrogen and oxygen atoms in total. The smallest absolute Gasteiger partial charge is 0.306 e. The first-order chi connectivity index (χ1) is 11.8. The molecule has 6 heteroatoms. The maximum absolute atomic E-state index is 11.5. The quantitative estimate of drug-likeness (QED) is 0.674. The van der Waals surface area contributed by atoms with Crippen molar-refractivity contribution in [3.05, 3.63) is 61.2 Å². The number of methoxy groups -OCH3 is 1. The number of aromatic nitrogens is 1. The van der Waals surface area contributed by atoms with Gasteiger partial charge in [0.1, 0.15) is 0 Å². The van der Waals surface area contributed by atoms with Crippen molar-refractivity contribution in [1.82, 2.24) is 4.98 Å². The van der Waals surface area contributed by atoms with Crippen LogP contribution in [0.2, 0.25) is 0 Å². The molecule has 1 unspecified atom stereocenters. The number of hydrogen-bond acceptors (Lipinski definition) is 6. The summed E-state index contributed by atoms with van der Waals surface area (Å²) in [6.45, 7) is 0. The number of benzene rings is 1. The number of hydrazone groups is 1. The van der Waals surface area contributed by atoms with Gasteiger partial charge in [0.25, 0.3) is 0 Å². The van der Waals surface area contributed by atoms with E-state index in [1.807, 2.05) is 48.6 Å². The second kappa shape index (κ2) is 7.41. The number of nitrogens with zero attached hydrogens (tertiary/aromatic N) is 2. The van der Waals surface area contributed by atoms with Gasteiger partial charge >= 0.3 is 5.97 Å². The molecule has 0 saturated heterocycles. The number of ether oxygens (including phenoxy) is 1. The van der Waals surface area contributed by atoms with E-state index in [-0.39, 0.29) is 18.3 Å². The van der Waals surface area contributed by atoms with Crippen LogP contribution in [0.1, 0.15) is 6.42 Å². The molecule has 0 fully saturated rings. The molecule has 1 aromatic heterocycles. The third kappa shape index (κ3) is 3.78. The third-order valence-corrected chi connectivity index (χ3v) is 3.63. The zero-order chi connectivity index (χ0) is 16.8. The van der Waals surface area contributed by atoms with E-state index < -0.39 is 0 Å². The van der Waals surface area contributed by atoms with Crippen molar-refractivity contribution in [2.75, 3.05) is 12.5 Å². The van der Waals surface area contributed by atoms with Gasteiger partial charge in [-0.25, -0.2) is 4.98 Å². The predicted molar refractivity (Wildman–Crippen MR) is 91.4 cm³/mol. The third-order valence-electron chi connectivity index (χ3n) is 3.63. The fraction of sp³-hybridized carbons (Fsp3) is 0.167. The number of nitrogens with one attached hydrogen (secondary N) is 1. The summed E-state index contributed by atoms with van der Waals surface area (Å²) in [5.74, 6) is 0.360. The highest BCUT2D eigenvalue weighted by atomic mass is 16.5. The predicted octanol–water partition coefficient (Wildman–Crippen LogP) is 3.41. The first-order valence-corrected chi connectivity index (χ1v) is 7.50. The van der Waals surface area contributed by atoms with E-state index in [4.69, 9.17) is 9.15 Å². The first kappa shape index (κ1) is 15.7. The molecule has 1 aromatic carbocycles. The van der Waals surface area contributed by atoms with Gasteiger partial charge in [-0.15, -0.1) is 0 Å². The Morgan fingerprint density at radius 3 is 2.88 bits per heavy atom. The number of carbonyl (C=O) groups is 1. The van der Waals surface area contributed by atoms with Gasteiger partial charge in [-0.05, 0) is 30.3 Å². The van der Waals surface area contributed by atoms with E-state index in [0.29, 0.717) is 5.76 Å². The van der Waals surface area contributed by atoms with E-state index in [9.17, 15) is 4.79 Å². The lowest BCUT2D eigenvalue weighted by atomic mass is 9.95. The molecule has 0 aliphatic heterocycles. The average molecular weight is 323 g/mol. The summed E-state index contributed by atoms with van der Waals surface area (Å²) in [5, 5.41) is 4.40. The monoisotopic (exact) mass is 323 g/mol. The van der Waals surface area contributed by atoms with Gasteiger partial charge in [-0.3, -0.25) is 10.2 Å². The Morgan fingerprint density at radius 2 is 2.17 bits per heavy atom. The molecule has 1 aliphatic rings. The molecule has 0 bridgehead atoms. The summed E-state index contributed by atoms with van der Waals surface area (Å²) in [4.78, 5) is 15.4. The van der Waals surface area contributed by atoms with Crippen molar-refractivity contribution in [3.63, 3.8) is 0 Å². The standard InChI is InChI=1S/C18H17N3O3/c1-23-18(22)10-14-4-2-3-5-16(14)21-20-15-8-6-13(7-9-15)17-11-19-12-24-17/h2-9,11-12,14,20H,10H2,1H3/b21-16+. The van der Waals surface area contributed by atoms with Crippen molar-refractivity contribution in [1.29, 1.82) is 0 Å². The van der Waals surface area contributed by atoms with Crippen LogP contribution in [0.4, 0.5) is 5.69 Å². The van der Waals surface area contributed by atoms with Crippen LogP contribution in [0.3, 0.4) is 0 Å².